The van der Waals surface area contributed by atoms with Gasteiger partial charge in [-0.3, -0.25) is 29.0 Å². The molecular weight excluding hydrogens is 1340 g/mol. The maximum atomic E-state index is 16.4. The fraction of sp³-hybridized carbons (Fsp3) is 0.354. The molecule has 556 valence electrons. The first-order chi connectivity index (χ1) is 50.5. The Morgan fingerprint density at radius 2 is 0.312 bits per heavy atom. The Kier molecular flexibility index (Phi) is 15.6. The molecule has 0 saturated heterocycles. The van der Waals surface area contributed by atoms with Crippen molar-refractivity contribution in [3.8, 4) is 22.7 Å². The van der Waals surface area contributed by atoms with Gasteiger partial charge >= 0.3 is 0 Å². The van der Waals surface area contributed by atoms with Gasteiger partial charge in [0.05, 0.1) is 89.1 Å². The van der Waals surface area contributed by atoms with Gasteiger partial charge in [-0.2, -0.15) is 0 Å². The number of hydrogen-bond acceptors (Lipinski definition) is 4. The predicted octanol–water partition coefficient (Wildman–Crippen LogP) is 25.1. The fourth-order valence-corrected chi connectivity index (χ4v) is 17.2. The molecule has 0 bridgehead atoms. The van der Waals surface area contributed by atoms with E-state index in [0.29, 0.717) is 22.7 Å². The highest BCUT2D eigenvalue weighted by molar-refractivity contribution is 6.27. The maximum absolute atomic E-state index is 16.4. The molecular formula is C99H106N6O4. The van der Waals surface area contributed by atoms with Crippen molar-refractivity contribution in [2.24, 2.45) is 0 Å². The zero-order chi connectivity index (χ0) is 78.5. The molecule has 0 atom stereocenters. The number of nitrogens with zero attached hydrogens (tertiary/aromatic N) is 6. The lowest BCUT2D eigenvalue weighted by Gasteiger charge is -2.40. The highest BCUT2D eigenvalue weighted by Crippen LogP contribution is 2.49. The molecule has 0 saturated carbocycles. The normalized spacial score (nSPS) is 14.7. The third kappa shape index (κ3) is 11.3. The Hall–Kier alpha value is -10.3. The molecule has 109 heavy (non-hydrogen) atoms. The molecule has 0 unspecified atom stereocenters. The second-order valence-corrected chi connectivity index (χ2v) is 40.4. The lowest BCUT2D eigenvalue weighted by molar-refractivity contribution is 0.00427. The monoisotopic (exact) mass is 1440 g/mol. The van der Waals surface area contributed by atoms with E-state index in [4.69, 9.17) is 0 Å². The summed E-state index contributed by atoms with van der Waals surface area (Å²) in [5, 5.41) is 8.55. The number of hydrogen-bond donors (Lipinski definition) is 0. The Morgan fingerprint density at radius 3 is 0.431 bits per heavy atom. The summed E-state index contributed by atoms with van der Waals surface area (Å²) >= 11 is 0. The van der Waals surface area contributed by atoms with Crippen LogP contribution in [0.2, 0.25) is 0 Å². The lowest BCUT2D eigenvalue weighted by Crippen LogP contribution is -2.60. The van der Waals surface area contributed by atoms with E-state index in [1.165, 1.54) is 54.3 Å². The minimum Gasteiger partial charge on any atom is -0.307 e. The first-order valence-electron chi connectivity index (χ1n) is 39.1. The quantitative estimate of drug-likeness (QED) is 0.155. The van der Waals surface area contributed by atoms with E-state index >= 15 is 19.2 Å². The van der Waals surface area contributed by atoms with Crippen molar-refractivity contribution >= 4 is 111 Å². The minimum atomic E-state index is -1.88. The van der Waals surface area contributed by atoms with Crippen LogP contribution in [0.25, 0.3) is 110 Å². The van der Waals surface area contributed by atoms with Gasteiger partial charge < -0.3 is 18.3 Å². The zero-order valence-corrected chi connectivity index (χ0v) is 69.0. The topological polar surface area (TPSA) is 94.5 Å². The van der Waals surface area contributed by atoms with Crippen molar-refractivity contribution in [2.75, 3.05) is 0 Å². The Bertz CT molecular complexity index is 5320. The summed E-state index contributed by atoms with van der Waals surface area (Å²) in [4.78, 5) is 68.1. The maximum Gasteiger partial charge on any atom is 0.263 e. The molecule has 0 spiro atoms. The van der Waals surface area contributed by atoms with Gasteiger partial charge in [0.1, 0.15) is 5.66 Å². The molecule has 0 fully saturated rings. The lowest BCUT2D eigenvalue weighted by atomic mass is 9.85. The minimum absolute atomic E-state index is 0.169. The van der Waals surface area contributed by atoms with Gasteiger partial charge in [0, 0.05) is 43.1 Å². The van der Waals surface area contributed by atoms with Crippen LogP contribution in [0.5, 0.6) is 0 Å². The van der Waals surface area contributed by atoms with Crippen molar-refractivity contribution in [1.82, 2.24) is 28.1 Å². The number of rotatable bonds is 6. The predicted molar refractivity (Wildman–Crippen MR) is 455 cm³/mol. The molecule has 2 aliphatic rings. The van der Waals surface area contributed by atoms with E-state index in [0.717, 1.165) is 87.2 Å². The molecule has 10 nitrogen and oxygen atoms in total. The van der Waals surface area contributed by atoms with Gasteiger partial charge in [-0.05, 0) is 223 Å². The molecule has 10 heteroatoms. The standard InChI is InChI=1S/C99H106N6O4/c1-91(2,3)55-27-35-75-63(43-55)64-44-56(92(4,5)6)28-36-76(64)100(75)83-51-71-72(52-84(83)101-77-37-29-57(93(7,8)9)45-65(77)66-46-58(94(10,11)12)30-38-78(66)101)88(107)104(87(71)106)99(25,26)105-89(108)73-53-85(102-79-39-31-59(95(13,14)15)47-67(79)68-48-60(96(16,17)18)32-40-80(68)102)86(54-74(73)90(105)109)103-81-41-33-61(97(19,20)21)49-69(81)70-50-62(98(22,23)24)34-42-82(70)103/h27-54H,1-26H3. The van der Waals surface area contributed by atoms with E-state index in [9.17, 15) is 0 Å². The van der Waals surface area contributed by atoms with Crippen LogP contribution < -0.4 is 0 Å². The van der Waals surface area contributed by atoms with Crippen LogP contribution in [0.1, 0.15) is 266 Å². The second-order valence-electron chi connectivity index (χ2n) is 40.4. The summed E-state index contributed by atoms with van der Waals surface area (Å²) < 4.78 is 9.12. The van der Waals surface area contributed by atoms with Crippen LogP contribution in [0.3, 0.4) is 0 Å². The number of carbonyl (C=O) groups excluding carboxylic acids is 4. The number of imide groups is 2. The Balaban J connectivity index is 0.932. The average Bonchev–Trinajstić information content (AvgIpc) is 1.55. The summed E-state index contributed by atoms with van der Waals surface area (Å²) in [7, 11) is 0. The molecule has 0 aliphatic carbocycles. The molecule has 6 heterocycles. The first kappa shape index (κ1) is 72.9. The van der Waals surface area contributed by atoms with Gasteiger partial charge in [0.2, 0.25) is 0 Å². The van der Waals surface area contributed by atoms with Gasteiger partial charge in [-0.25, -0.2) is 0 Å². The summed E-state index contributed by atoms with van der Waals surface area (Å²) in [5.41, 5.74) is 17.2. The number of benzene rings is 10. The zero-order valence-electron chi connectivity index (χ0n) is 69.0. The summed E-state index contributed by atoms with van der Waals surface area (Å²) in [6, 6.07) is 61.6. The van der Waals surface area contributed by atoms with Gasteiger partial charge in [0.15, 0.2) is 0 Å². The third-order valence-electron chi connectivity index (χ3n) is 24.0. The summed E-state index contributed by atoms with van der Waals surface area (Å²) in [5.74, 6) is -2.45. The largest absolute Gasteiger partial charge is 0.307 e. The van der Waals surface area contributed by atoms with E-state index < -0.39 is 29.3 Å². The van der Waals surface area contributed by atoms with Gasteiger partial charge in [0.25, 0.3) is 23.6 Å². The van der Waals surface area contributed by atoms with Crippen molar-refractivity contribution in [2.45, 2.75) is 229 Å². The second kappa shape index (κ2) is 23.4. The first-order valence-corrected chi connectivity index (χ1v) is 39.1. The number of aromatic nitrogens is 4. The summed E-state index contributed by atoms with van der Waals surface area (Å²) in [6.45, 7) is 57.1. The number of amides is 4. The van der Waals surface area contributed by atoms with Crippen LogP contribution in [-0.4, -0.2) is 57.4 Å². The third-order valence-corrected chi connectivity index (χ3v) is 24.0. The van der Waals surface area contributed by atoms with Crippen LogP contribution in [0, 0.1) is 0 Å². The van der Waals surface area contributed by atoms with E-state index in [2.05, 4.69) is 330 Å². The van der Waals surface area contributed by atoms with Gasteiger partial charge in [-0.15, -0.1) is 0 Å². The molecule has 4 aromatic heterocycles. The summed E-state index contributed by atoms with van der Waals surface area (Å²) in [6.07, 6.45) is 0. The fourth-order valence-electron chi connectivity index (χ4n) is 17.2. The molecule has 0 radical (unpaired) electrons. The van der Waals surface area contributed by atoms with Crippen molar-refractivity contribution in [1.29, 1.82) is 0 Å². The molecule has 2 aliphatic heterocycles. The van der Waals surface area contributed by atoms with Crippen LogP contribution in [0.4, 0.5) is 0 Å². The molecule has 4 amide bonds. The van der Waals surface area contributed by atoms with Crippen molar-refractivity contribution in [3.05, 3.63) is 237 Å². The van der Waals surface area contributed by atoms with E-state index in [1.54, 1.807) is 13.8 Å². The van der Waals surface area contributed by atoms with E-state index in [1.807, 2.05) is 24.3 Å². The van der Waals surface area contributed by atoms with Crippen molar-refractivity contribution in [3.63, 3.8) is 0 Å². The van der Waals surface area contributed by atoms with Gasteiger partial charge in [-0.1, -0.05) is 215 Å². The SMILES string of the molecule is CC(C)(C)c1ccc2c(c1)c1cc(C(C)(C)C)ccc1n2-c1cc2c(cc1-n1c3ccc(C(C)(C)C)cc3c3cc(C(C)(C)C)ccc31)C(=O)N(C(C)(C)N1C(=O)c3cc(-n4c5ccc(C(C)(C)C)cc5c5cc(C(C)(C)C)ccc54)c(-n4c5ccc(C(C)(C)C)cc5c5cc(C(C)(C)C)ccc54)cc3C1=O)C2=O. The highest BCUT2D eigenvalue weighted by atomic mass is 16.2. The van der Waals surface area contributed by atoms with Crippen molar-refractivity contribution < 1.29 is 19.2 Å². The van der Waals surface area contributed by atoms with Crippen LogP contribution in [0.15, 0.2) is 170 Å². The number of fused-ring (bicyclic) bond motifs is 14. The molecule has 16 rings (SSSR count). The molecule has 14 aromatic rings. The molecule has 10 aromatic carbocycles. The molecule has 0 N–H and O–H groups in total. The average molecular weight is 1440 g/mol. The number of carbonyl (C=O) groups is 4. The van der Waals surface area contributed by atoms with E-state index in [-0.39, 0.29) is 65.6 Å². The highest BCUT2D eigenvalue weighted by Gasteiger charge is 2.54. The van der Waals surface area contributed by atoms with Crippen LogP contribution in [-0.2, 0) is 43.3 Å². The Labute approximate surface area is 642 Å². The smallest absolute Gasteiger partial charge is 0.263 e. The van der Waals surface area contributed by atoms with Crippen LogP contribution >= 0.6 is 0 Å². The Morgan fingerprint density at radius 1 is 0.183 bits per heavy atom.